The lowest BCUT2D eigenvalue weighted by Gasteiger charge is -2.70. The largest absolute Gasteiger partial charge is 0.504 e. The third-order valence-corrected chi connectivity index (χ3v) is 13.8. The van der Waals surface area contributed by atoms with Gasteiger partial charge >= 0.3 is 5.97 Å². The molecule has 4 N–H and O–H groups in total. The van der Waals surface area contributed by atoms with Gasteiger partial charge in [0.25, 0.3) is 0 Å². The van der Waals surface area contributed by atoms with Gasteiger partial charge in [0.15, 0.2) is 11.5 Å². The molecule has 0 radical (unpaired) electrons. The Morgan fingerprint density at radius 2 is 1.65 bits per heavy atom. The van der Waals surface area contributed by atoms with E-state index in [4.69, 9.17) is 0 Å². The molecule has 5 nitrogen and oxygen atoms in total. The van der Waals surface area contributed by atoms with Crippen LogP contribution in [0, 0.1) is 41.4 Å². The highest BCUT2D eigenvalue weighted by Gasteiger charge is 2.67. The lowest BCUT2D eigenvalue weighted by Crippen LogP contribution is -2.62. The molecule has 1 aromatic heterocycles. The van der Waals surface area contributed by atoms with Crippen molar-refractivity contribution in [3.05, 3.63) is 69.9 Å². The van der Waals surface area contributed by atoms with Crippen LogP contribution in [-0.4, -0.2) is 26.3 Å². The van der Waals surface area contributed by atoms with Crippen molar-refractivity contribution >= 4 is 16.9 Å². The van der Waals surface area contributed by atoms with E-state index in [2.05, 4.69) is 70.1 Å². The number of H-pyrrole nitrogens is 1. The first-order chi connectivity index (χ1) is 20.1. The van der Waals surface area contributed by atoms with E-state index in [1.165, 1.54) is 22.1 Å². The Hall–Kier alpha value is -3.21. The van der Waals surface area contributed by atoms with Gasteiger partial charge < -0.3 is 20.3 Å². The molecule has 3 fully saturated rings. The van der Waals surface area contributed by atoms with Crippen LogP contribution in [0.15, 0.2) is 42.1 Å². The van der Waals surface area contributed by atoms with Gasteiger partial charge in [-0.15, -0.1) is 0 Å². The van der Waals surface area contributed by atoms with Gasteiger partial charge in [0.1, 0.15) is 0 Å². The van der Waals surface area contributed by atoms with E-state index >= 15 is 0 Å². The maximum Gasteiger partial charge on any atom is 0.309 e. The molecule has 4 aliphatic rings. The van der Waals surface area contributed by atoms with Crippen LogP contribution in [0.4, 0.5) is 0 Å². The third-order valence-electron chi connectivity index (χ3n) is 13.8. The number of carboxylic acids is 1. The van der Waals surface area contributed by atoms with Crippen molar-refractivity contribution in [2.24, 2.45) is 27.6 Å². The monoisotopic (exact) mass is 581 g/mol. The van der Waals surface area contributed by atoms with Crippen molar-refractivity contribution in [1.29, 1.82) is 0 Å². The molecule has 3 saturated carbocycles. The number of allylic oxidation sites excluding steroid dienone is 2. The second kappa shape index (κ2) is 8.70. The van der Waals surface area contributed by atoms with Gasteiger partial charge in [-0.25, -0.2) is 0 Å². The van der Waals surface area contributed by atoms with Gasteiger partial charge in [-0.1, -0.05) is 51.5 Å². The predicted molar refractivity (Wildman–Crippen MR) is 171 cm³/mol. The molecule has 7 atom stereocenters. The summed E-state index contributed by atoms with van der Waals surface area (Å²) < 4.78 is 0. The summed E-state index contributed by atoms with van der Waals surface area (Å²) in [5, 5.41) is 33.5. The molecule has 4 aliphatic carbocycles. The van der Waals surface area contributed by atoms with Crippen LogP contribution < -0.4 is 0 Å². The zero-order valence-electron chi connectivity index (χ0n) is 26.8. The fraction of sp³-hybridized carbons (Fsp3) is 0.553. The van der Waals surface area contributed by atoms with Crippen molar-refractivity contribution in [3.8, 4) is 11.5 Å². The number of nitrogens with one attached hydrogen (secondary N) is 1. The predicted octanol–water partition coefficient (Wildman–Crippen LogP) is 9.02. The Morgan fingerprint density at radius 3 is 2.37 bits per heavy atom. The van der Waals surface area contributed by atoms with Crippen molar-refractivity contribution in [3.63, 3.8) is 0 Å². The molecule has 3 aromatic rings. The van der Waals surface area contributed by atoms with E-state index in [0.717, 1.165) is 67.2 Å². The summed E-state index contributed by atoms with van der Waals surface area (Å²) in [5.41, 5.74) is 6.86. The van der Waals surface area contributed by atoms with E-state index in [9.17, 15) is 20.1 Å². The van der Waals surface area contributed by atoms with Crippen molar-refractivity contribution in [2.45, 2.75) is 105 Å². The Kier molecular flexibility index (Phi) is 5.78. The topological polar surface area (TPSA) is 93.6 Å². The lowest BCUT2D eigenvalue weighted by atomic mass is 9.34. The number of aromatic amines is 1. The molecule has 1 heterocycles. The number of hydrogen-bond acceptors (Lipinski definition) is 3. The number of carboxylic acid groups (broad SMARTS) is 1. The standard InChI is InChI=1S/C38H47NO4/c1-21-8-9-23-25(20-39-27(23)16-21)24-17-29-36(5,26-18-28(40)32(41)22(2)31(24)26)13-15-38(7)30-19-35(4,33(42)43)11-10-34(30,3)12-14-37(29,38)6/h8-9,16-18,20,24,30,39-41H,10-15,19H2,1-7H3,(H,42,43)/t24?,30-,34+,35+,36-,37+,38-/m0/s1. The zero-order chi connectivity index (χ0) is 30.9. The second-order valence-corrected chi connectivity index (χ2v) is 16.0. The van der Waals surface area contributed by atoms with Gasteiger partial charge in [0.2, 0.25) is 0 Å². The Bertz CT molecular complexity index is 1730. The highest BCUT2D eigenvalue weighted by molar-refractivity contribution is 5.86. The summed E-state index contributed by atoms with van der Waals surface area (Å²) in [6, 6.07) is 8.39. The molecule has 5 heteroatoms. The van der Waals surface area contributed by atoms with Crippen molar-refractivity contribution in [1.82, 2.24) is 4.98 Å². The minimum atomic E-state index is -0.690. The van der Waals surface area contributed by atoms with E-state index in [1.54, 1.807) is 0 Å². The van der Waals surface area contributed by atoms with Crippen molar-refractivity contribution < 1.29 is 20.1 Å². The number of rotatable bonds is 2. The number of phenolic OH excluding ortho intramolecular Hbond substituents is 2. The van der Waals surface area contributed by atoms with Gasteiger partial charge in [0, 0.05) is 28.4 Å². The van der Waals surface area contributed by atoms with Gasteiger partial charge in [0.05, 0.1) is 5.41 Å². The minimum Gasteiger partial charge on any atom is -0.504 e. The molecule has 2 aromatic carbocycles. The first-order valence-corrected chi connectivity index (χ1v) is 16.2. The summed E-state index contributed by atoms with van der Waals surface area (Å²) in [6.07, 6.45) is 11.2. The molecule has 43 heavy (non-hydrogen) atoms. The van der Waals surface area contributed by atoms with E-state index in [-0.39, 0.29) is 39.1 Å². The summed E-state index contributed by atoms with van der Waals surface area (Å²) in [6.45, 7) is 15.7. The molecule has 0 bridgehead atoms. The number of hydrogen-bond donors (Lipinski definition) is 4. The quantitative estimate of drug-likeness (QED) is 0.179. The molecule has 0 amide bonds. The molecular formula is C38H47NO4. The van der Waals surface area contributed by atoms with E-state index < -0.39 is 11.4 Å². The number of phenols is 2. The molecule has 1 unspecified atom stereocenters. The first-order valence-electron chi connectivity index (χ1n) is 16.2. The Labute approximate surface area is 255 Å². The van der Waals surface area contributed by atoms with Gasteiger partial charge in [-0.2, -0.15) is 0 Å². The van der Waals surface area contributed by atoms with Crippen LogP contribution in [0.5, 0.6) is 11.5 Å². The number of benzene rings is 2. The number of aliphatic carboxylic acids is 1. The minimum absolute atomic E-state index is 0.0321. The Balaban J connectivity index is 1.46. The summed E-state index contributed by atoms with van der Waals surface area (Å²) in [5.74, 6) is -0.507. The molecule has 0 saturated heterocycles. The van der Waals surface area contributed by atoms with E-state index in [0.29, 0.717) is 5.92 Å². The fourth-order valence-electron chi connectivity index (χ4n) is 10.7. The third kappa shape index (κ3) is 3.54. The SMILES string of the molecule is Cc1ccc2c(C3C=C4[C@@](C)(CC[C@@]5(C)[C@H]6C[C@](C)(C(=O)O)CC[C@]6(C)CC[C@]45C)c4cc(O)c(O)c(C)c43)c[nH]c2c1. The molecule has 228 valence electrons. The van der Waals surface area contributed by atoms with Crippen LogP contribution in [0.3, 0.4) is 0 Å². The van der Waals surface area contributed by atoms with Crippen LogP contribution >= 0.6 is 0 Å². The molecule has 0 aliphatic heterocycles. The van der Waals surface area contributed by atoms with Gasteiger partial charge in [-0.05, 0) is 128 Å². The van der Waals surface area contributed by atoms with Crippen LogP contribution in [0.1, 0.15) is 113 Å². The second-order valence-electron chi connectivity index (χ2n) is 16.0. The number of aromatic hydroxyl groups is 2. The maximum atomic E-state index is 12.6. The number of fused-ring (bicyclic) bond motifs is 8. The molecule has 7 rings (SSSR count). The fourth-order valence-corrected chi connectivity index (χ4v) is 10.7. The summed E-state index contributed by atoms with van der Waals surface area (Å²) in [4.78, 5) is 16.1. The van der Waals surface area contributed by atoms with Crippen LogP contribution in [-0.2, 0) is 10.2 Å². The Morgan fingerprint density at radius 1 is 0.930 bits per heavy atom. The lowest BCUT2D eigenvalue weighted by molar-refractivity contribution is -0.177. The van der Waals surface area contributed by atoms with Crippen LogP contribution in [0.25, 0.3) is 10.9 Å². The maximum absolute atomic E-state index is 12.6. The summed E-state index contributed by atoms with van der Waals surface area (Å²) >= 11 is 0. The van der Waals surface area contributed by atoms with Crippen molar-refractivity contribution in [2.75, 3.05) is 0 Å². The number of carbonyl (C=O) groups is 1. The average Bonchev–Trinajstić information content (AvgIpc) is 3.37. The highest BCUT2D eigenvalue weighted by Crippen LogP contribution is 2.75. The number of aromatic nitrogens is 1. The van der Waals surface area contributed by atoms with Crippen LogP contribution in [0.2, 0.25) is 0 Å². The van der Waals surface area contributed by atoms with E-state index in [1.807, 2.05) is 19.9 Å². The molecular weight excluding hydrogens is 534 g/mol. The summed E-state index contributed by atoms with van der Waals surface area (Å²) in [7, 11) is 0. The average molecular weight is 582 g/mol. The smallest absolute Gasteiger partial charge is 0.309 e. The first kappa shape index (κ1) is 28.6. The zero-order valence-corrected chi connectivity index (χ0v) is 26.8. The number of aryl methyl sites for hydroxylation is 1. The molecule has 0 spiro atoms. The van der Waals surface area contributed by atoms with Gasteiger partial charge in [-0.3, -0.25) is 4.79 Å². The highest BCUT2D eigenvalue weighted by atomic mass is 16.4. The normalized spacial score (nSPS) is 38.4.